The van der Waals surface area contributed by atoms with Gasteiger partial charge in [-0.15, -0.1) is 0 Å². The van der Waals surface area contributed by atoms with Gasteiger partial charge in [0.15, 0.2) is 0 Å². The van der Waals surface area contributed by atoms with E-state index in [1.165, 1.54) is 0 Å². The number of aromatic amines is 1. The molecule has 0 radical (unpaired) electrons. The Balaban J connectivity index is 2.30. The average Bonchev–Trinajstić information content (AvgIpc) is 2.27. The molecule has 1 amide bonds. The molecule has 94 valence electrons. The molecule has 1 aromatic carbocycles. The summed E-state index contributed by atoms with van der Waals surface area (Å²) in [5, 5.41) is 0.554. The lowest BCUT2D eigenvalue weighted by Crippen LogP contribution is -2.31. The van der Waals surface area contributed by atoms with Crippen molar-refractivity contribution in [3.05, 3.63) is 40.4 Å². The van der Waals surface area contributed by atoms with Gasteiger partial charge in [0.2, 0.25) is 5.91 Å². The molecule has 1 heterocycles. The van der Waals surface area contributed by atoms with Gasteiger partial charge in [-0.3, -0.25) is 14.5 Å². The van der Waals surface area contributed by atoms with E-state index >= 15 is 0 Å². The first kappa shape index (κ1) is 12.3. The van der Waals surface area contributed by atoms with E-state index in [1.54, 1.807) is 30.1 Å². The van der Waals surface area contributed by atoms with Gasteiger partial charge in [-0.25, -0.2) is 4.98 Å². The zero-order chi connectivity index (χ0) is 13.1. The second-order valence-corrected chi connectivity index (χ2v) is 4.17. The van der Waals surface area contributed by atoms with Gasteiger partial charge in [0.1, 0.15) is 5.82 Å². The van der Waals surface area contributed by atoms with E-state index < -0.39 is 5.91 Å². The molecule has 6 nitrogen and oxygen atoms in total. The maximum absolute atomic E-state index is 11.8. The number of primary amides is 1. The van der Waals surface area contributed by atoms with Crippen LogP contribution in [0.4, 0.5) is 0 Å². The highest BCUT2D eigenvalue weighted by molar-refractivity contribution is 5.77. The second kappa shape index (κ2) is 4.97. The van der Waals surface area contributed by atoms with Crippen LogP contribution in [0.3, 0.4) is 0 Å². The molecule has 2 aromatic rings. The van der Waals surface area contributed by atoms with Gasteiger partial charge in [0, 0.05) is 0 Å². The van der Waals surface area contributed by atoms with Gasteiger partial charge in [0.05, 0.1) is 24.0 Å². The first-order valence-electron chi connectivity index (χ1n) is 5.51. The van der Waals surface area contributed by atoms with Gasteiger partial charge in [-0.05, 0) is 19.2 Å². The summed E-state index contributed by atoms with van der Waals surface area (Å²) < 4.78 is 0. The fourth-order valence-electron chi connectivity index (χ4n) is 1.79. The van der Waals surface area contributed by atoms with Gasteiger partial charge in [0.25, 0.3) is 5.56 Å². The fraction of sp³-hybridized carbons (Fsp3) is 0.250. The highest BCUT2D eigenvalue weighted by atomic mass is 16.1. The molecule has 0 fully saturated rings. The minimum Gasteiger partial charge on any atom is -0.369 e. The lowest BCUT2D eigenvalue weighted by atomic mass is 10.2. The highest BCUT2D eigenvalue weighted by Gasteiger charge is 2.07. The summed E-state index contributed by atoms with van der Waals surface area (Å²) in [6.45, 7) is 0.486. The number of nitrogens with zero attached hydrogens (tertiary/aromatic N) is 2. The summed E-state index contributed by atoms with van der Waals surface area (Å²) in [5.41, 5.74) is 5.56. The molecule has 3 N–H and O–H groups in total. The standard InChI is InChI=1S/C12H14N4O2/c1-16(6-10(13)17)7-11-14-9-5-3-2-4-8(9)12(18)15-11/h2-5H,6-7H2,1H3,(H2,13,17)(H,14,15,18). The van der Waals surface area contributed by atoms with Gasteiger partial charge in [-0.1, -0.05) is 12.1 Å². The molecule has 0 spiro atoms. The van der Waals surface area contributed by atoms with E-state index in [2.05, 4.69) is 9.97 Å². The number of nitrogens with one attached hydrogen (secondary N) is 1. The predicted molar refractivity (Wildman–Crippen MR) is 67.9 cm³/mol. The molecule has 6 heteroatoms. The summed E-state index contributed by atoms with van der Waals surface area (Å²) in [4.78, 5) is 31.3. The molecule has 0 bridgehead atoms. The average molecular weight is 246 g/mol. The van der Waals surface area contributed by atoms with Crippen molar-refractivity contribution in [1.82, 2.24) is 14.9 Å². The van der Waals surface area contributed by atoms with Crippen molar-refractivity contribution in [2.75, 3.05) is 13.6 Å². The molecule has 0 saturated carbocycles. The maximum atomic E-state index is 11.8. The van der Waals surface area contributed by atoms with Crippen LogP contribution >= 0.6 is 0 Å². The Kier molecular flexibility index (Phi) is 3.38. The molecule has 1 aromatic heterocycles. The largest absolute Gasteiger partial charge is 0.369 e. The Morgan fingerprint density at radius 2 is 2.17 bits per heavy atom. The molecule has 0 unspecified atom stereocenters. The van der Waals surface area contributed by atoms with E-state index in [4.69, 9.17) is 5.73 Å². The van der Waals surface area contributed by atoms with Crippen LogP contribution in [0.15, 0.2) is 29.1 Å². The summed E-state index contributed by atoms with van der Waals surface area (Å²) in [6, 6.07) is 7.12. The highest BCUT2D eigenvalue weighted by Crippen LogP contribution is 2.06. The SMILES string of the molecule is CN(CC(N)=O)Cc1nc2ccccc2c(=O)[nH]1. The van der Waals surface area contributed by atoms with E-state index in [0.29, 0.717) is 23.3 Å². The molecule has 0 aliphatic carbocycles. The number of para-hydroxylation sites is 1. The van der Waals surface area contributed by atoms with Gasteiger partial charge >= 0.3 is 0 Å². The minimum atomic E-state index is -0.416. The van der Waals surface area contributed by atoms with E-state index in [-0.39, 0.29) is 12.1 Å². The van der Waals surface area contributed by atoms with Crippen LogP contribution in [-0.4, -0.2) is 34.4 Å². The number of hydrogen-bond donors (Lipinski definition) is 2. The Bertz CT molecular complexity index is 635. The zero-order valence-corrected chi connectivity index (χ0v) is 10.0. The van der Waals surface area contributed by atoms with Gasteiger partial charge < -0.3 is 10.7 Å². The van der Waals surface area contributed by atoms with E-state index in [1.807, 2.05) is 6.07 Å². The Hall–Kier alpha value is -2.21. The smallest absolute Gasteiger partial charge is 0.258 e. The molecule has 0 saturated heterocycles. The number of carbonyl (C=O) groups excluding carboxylic acids is 1. The minimum absolute atomic E-state index is 0.122. The first-order valence-corrected chi connectivity index (χ1v) is 5.51. The monoisotopic (exact) mass is 246 g/mol. The number of fused-ring (bicyclic) bond motifs is 1. The van der Waals surface area contributed by atoms with Crippen LogP contribution in [0.2, 0.25) is 0 Å². The molecular weight excluding hydrogens is 232 g/mol. The number of carbonyl (C=O) groups is 1. The topological polar surface area (TPSA) is 92.1 Å². The third-order valence-corrected chi connectivity index (χ3v) is 2.51. The number of aromatic nitrogens is 2. The molecule has 0 aliphatic heterocycles. The maximum Gasteiger partial charge on any atom is 0.258 e. The Labute approximate surface area is 103 Å². The molecular formula is C12H14N4O2. The van der Waals surface area contributed by atoms with E-state index in [0.717, 1.165) is 0 Å². The number of amides is 1. The number of hydrogen-bond acceptors (Lipinski definition) is 4. The number of likely N-dealkylation sites (N-methyl/N-ethyl adjacent to an activating group) is 1. The zero-order valence-electron chi connectivity index (χ0n) is 10.0. The fourth-order valence-corrected chi connectivity index (χ4v) is 1.79. The van der Waals surface area contributed by atoms with Crippen molar-refractivity contribution >= 4 is 16.8 Å². The third-order valence-electron chi connectivity index (χ3n) is 2.51. The first-order chi connectivity index (χ1) is 8.56. The molecule has 0 aliphatic rings. The normalized spacial score (nSPS) is 11.0. The van der Waals surface area contributed by atoms with Crippen LogP contribution in [0.1, 0.15) is 5.82 Å². The van der Waals surface area contributed by atoms with Crippen molar-refractivity contribution in [3.8, 4) is 0 Å². The van der Waals surface area contributed by atoms with E-state index in [9.17, 15) is 9.59 Å². The van der Waals surface area contributed by atoms with Gasteiger partial charge in [-0.2, -0.15) is 0 Å². The summed E-state index contributed by atoms with van der Waals surface area (Å²) in [7, 11) is 1.74. The summed E-state index contributed by atoms with van der Waals surface area (Å²) in [5.74, 6) is 0.100. The quantitative estimate of drug-likeness (QED) is 0.784. The second-order valence-electron chi connectivity index (χ2n) is 4.17. The number of benzene rings is 1. The number of rotatable bonds is 4. The third kappa shape index (κ3) is 2.72. The Morgan fingerprint density at radius 3 is 2.89 bits per heavy atom. The lowest BCUT2D eigenvalue weighted by molar-refractivity contribution is -0.118. The number of nitrogens with two attached hydrogens (primary N) is 1. The van der Waals surface area contributed by atoms with Crippen LogP contribution in [0.25, 0.3) is 10.9 Å². The van der Waals surface area contributed by atoms with Crippen LogP contribution < -0.4 is 11.3 Å². The van der Waals surface area contributed by atoms with Crippen molar-refractivity contribution in [2.45, 2.75) is 6.54 Å². The van der Waals surface area contributed by atoms with Crippen LogP contribution in [-0.2, 0) is 11.3 Å². The Morgan fingerprint density at radius 1 is 1.44 bits per heavy atom. The molecule has 18 heavy (non-hydrogen) atoms. The number of H-pyrrole nitrogens is 1. The van der Waals surface area contributed by atoms with Crippen molar-refractivity contribution in [2.24, 2.45) is 5.73 Å². The molecule has 0 atom stereocenters. The van der Waals surface area contributed by atoms with Crippen LogP contribution in [0.5, 0.6) is 0 Å². The van der Waals surface area contributed by atoms with Crippen molar-refractivity contribution < 1.29 is 4.79 Å². The van der Waals surface area contributed by atoms with Crippen molar-refractivity contribution in [1.29, 1.82) is 0 Å². The predicted octanol–water partition coefficient (Wildman–Crippen LogP) is -0.160. The van der Waals surface area contributed by atoms with Crippen LogP contribution in [0, 0.1) is 0 Å². The van der Waals surface area contributed by atoms with Crippen molar-refractivity contribution in [3.63, 3.8) is 0 Å². The summed E-state index contributed by atoms with van der Waals surface area (Å²) in [6.07, 6.45) is 0. The molecule has 2 rings (SSSR count). The summed E-state index contributed by atoms with van der Waals surface area (Å²) >= 11 is 0. The lowest BCUT2D eigenvalue weighted by Gasteiger charge is -2.13.